The normalized spacial score (nSPS) is 13.7. The van der Waals surface area contributed by atoms with Crippen LogP contribution in [0.2, 0.25) is 0 Å². The van der Waals surface area contributed by atoms with Crippen molar-refractivity contribution in [2.75, 3.05) is 13.2 Å². The predicted octanol–water partition coefficient (Wildman–Crippen LogP) is 3.47. The van der Waals surface area contributed by atoms with Crippen LogP contribution >= 0.6 is 7.60 Å². The van der Waals surface area contributed by atoms with Crippen molar-refractivity contribution >= 4 is 7.60 Å². The molecule has 0 fully saturated rings. The van der Waals surface area contributed by atoms with Gasteiger partial charge in [-0.25, -0.2) is 0 Å². The zero-order chi connectivity index (χ0) is 14.3. The van der Waals surface area contributed by atoms with Gasteiger partial charge >= 0.3 is 7.60 Å². The first-order valence-electron chi connectivity index (χ1n) is 6.34. The van der Waals surface area contributed by atoms with Gasteiger partial charge < -0.3 is 14.2 Å². The van der Waals surface area contributed by atoms with Crippen molar-refractivity contribution in [1.82, 2.24) is 0 Å². The summed E-state index contributed by atoms with van der Waals surface area (Å²) in [5.74, 6) is 0.715. The highest BCUT2D eigenvalue weighted by atomic mass is 31.2. The van der Waals surface area contributed by atoms with E-state index >= 15 is 0 Å². The third-order valence-corrected chi connectivity index (χ3v) is 3.96. The molecule has 5 heteroatoms. The van der Waals surface area contributed by atoms with Crippen LogP contribution in [0, 0.1) is 0 Å². The molecule has 0 aliphatic heterocycles. The minimum atomic E-state index is -3.62. The summed E-state index contributed by atoms with van der Waals surface area (Å²) in [7, 11) is -3.62. The summed E-state index contributed by atoms with van der Waals surface area (Å²) in [6, 6.07) is 18.4. The Kier molecular flexibility index (Phi) is 5.36. The van der Waals surface area contributed by atoms with Gasteiger partial charge in [0.1, 0.15) is 12.4 Å². The fourth-order valence-electron chi connectivity index (χ4n) is 1.72. The second-order valence-electron chi connectivity index (χ2n) is 4.28. The summed E-state index contributed by atoms with van der Waals surface area (Å²) in [4.78, 5) is 9.74. The van der Waals surface area contributed by atoms with E-state index in [1.807, 2.05) is 48.5 Å². The monoisotopic (exact) mass is 292 g/mol. The third-order valence-electron chi connectivity index (χ3n) is 2.61. The van der Waals surface area contributed by atoms with Gasteiger partial charge in [0, 0.05) is 0 Å². The average molecular weight is 292 g/mol. The molecule has 0 aliphatic rings. The van der Waals surface area contributed by atoms with E-state index in [-0.39, 0.29) is 19.4 Å². The van der Waals surface area contributed by atoms with Crippen LogP contribution in [0.4, 0.5) is 0 Å². The van der Waals surface area contributed by atoms with Gasteiger partial charge in [-0.2, -0.15) is 0 Å². The SMILES string of the molecule is O=P(O)(Cc1ccccc1)OCCOc1ccccc1. The van der Waals surface area contributed by atoms with E-state index in [0.29, 0.717) is 5.75 Å². The number of ether oxygens (including phenoxy) is 1. The molecule has 0 spiro atoms. The fraction of sp³-hybridized carbons (Fsp3) is 0.200. The van der Waals surface area contributed by atoms with Crippen molar-refractivity contribution < 1.29 is 18.7 Å². The van der Waals surface area contributed by atoms with Crippen LogP contribution in [0.25, 0.3) is 0 Å². The molecule has 106 valence electrons. The van der Waals surface area contributed by atoms with Crippen LogP contribution < -0.4 is 4.74 Å². The summed E-state index contributed by atoms with van der Waals surface area (Å²) in [5, 5.41) is 0. The number of benzene rings is 2. The molecular formula is C15H17O4P. The van der Waals surface area contributed by atoms with E-state index < -0.39 is 7.60 Å². The zero-order valence-corrected chi connectivity index (χ0v) is 11.9. The highest BCUT2D eigenvalue weighted by Gasteiger charge is 2.19. The lowest BCUT2D eigenvalue weighted by molar-refractivity contribution is 0.195. The van der Waals surface area contributed by atoms with Crippen molar-refractivity contribution in [2.45, 2.75) is 6.16 Å². The Balaban J connectivity index is 1.74. The lowest BCUT2D eigenvalue weighted by atomic mass is 10.2. The van der Waals surface area contributed by atoms with Crippen molar-refractivity contribution in [3.63, 3.8) is 0 Å². The molecular weight excluding hydrogens is 275 g/mol. The van der Waals surface area contributed by atoms with E-state index in [1.165, 1.54) is 0 Å². The Bertz CT molecular complexity index is 557. The van der Waals surface area contributed by atoms with Gasteiger partial charge in [-0.3, -0.25) is 4.57 Å². The maximum atomic E-state index is 11.9. The predicted molar refractivity (Wildman–Crippen MR) is 77.9 cm³/mol. The van der Waals surface area contributed by atoms with Crippen LogP contribution in [0.3, 0.4) is 0 Å². The summed E-state index contributed by atoms with van der Waals surface area (Å²) < 4.78 is 22.3. The molecule has 1 N–H and O–H groups in total. The lowest BCUT2D eigenvalue weighted by Crippen LogP contribution is -2.06. The lowest BCUT2D eigenvalue weighted by Gasteiger charge is -2.12. The quantitative estimate of drug-likeness (QED) is 0.627. The second kappa shape index (κ2) is 7.25. The molecule has 1 atom stereocenters. The minimum absolute atomic E-state index is 0.0131. The van der Waals surface area contributed by atoms with Crippen molar-refractivity contribution in [3.8, 4) is 5.75 Å². The van der Waals surface area contributed by atoms with Gasteiger partial charge in [0.05, 0.1) is 12.8 Å². The van der Waals surface area contributed by atoms with Gasteiger partial charge in [-0.15, -0.1) is 0 Å². The van der Waals surface area contributed by atoms with Gasteiger partial charge in [0.2, 0.25) is 0 Å². The first-order chi connectivity index (χ1) is 9.66. The largest absolute Gasteiger partial charge is 0.491 e. The Labute approximate surface area is 118 Å². The summed E-state index contributed by atoms with van der Waals surface area (Å²) in [6.07, 6.45) is 0.0131. The Hall–Kier alpha value is -1.61. The maximum absolute atomic E-state index is 11.9. The molecule has 2 rings (SSSR count). The molecule has 0 aromatic heterocycles. The molecule has 2 aromatic rings. The van der Waals surface area contributed by atoms with E-state index in [9.17, 15) is 9.46 Å². The highest BCUT2D eigenvalue weighted by Crippen LogP contribution is 2.45. The van der Waals surface area contributed by atoms with Crippen LogP contribution in [-0.2, 0) is 15.3 Å². The molecule has 1 unspecified atom stereocenters. The molecule has 0 aliphatic carbocycles. The van der Waals surface area contributed by atoms with Gasteiger partial charge in [0.15, 0.2) is 0 Å². The maximum Gasteiger partial charge on any atom is 0.332 e. The first-order valence-corrected chi connectivity index (χ1v) is 8.10. The number of para-hydroxylation sites is 1. The summed E-state index contributed by atoms with van der Waals surface area (Å²) in [6.45, 7) is 0.318. The Morgan fingerprint density at radius 2 is 1.50 bits per heavy atom. The smallest absolute Gasteiger partial charge is 0.332 e. The average Bonchev–Trinajstić information content (AvgIpc) is 2.45. The number of hydrogen-bond donors (Lipinski definition) is 1. The molecule has 0 heterocycles. The standard InChI is InChI=1S/C15H17O4P/c16-20(17,13-14-7-3-1-4-8-14)19-12-11-18-15-9-5-2-6-10-15/h1-10H,11-13H2,(H,16,17). The second-order valence-corrected chi connectivity index (χ2v) is 6.13. The zero-order valence-electron chi connectivity index (χ0n) is 11.0. The van der Waals surface area contributed by atoms with Crippen molar-refractivity contribution in [3.05, 3.63) is 66.2 Å². The molecule has 2 aromatic carbocycles. The van der Waals surface area contributed by atoms with Crippen molar-refractivity contribution in [2.24, 2.45) is 0 Å². The molecule has 0 saturated carbocycles. The highest BCUT2D eigenvalue weighted by molar-refractivity contribution is 7.51. The molecule has 4 nitrogen and oxygen atoms in total. The van der Waals surface area contributed by atoms with Crippen LogP contribution in [0.1, 0.15) is 5.56 Å². The van der Waals surface area contributed by atoms with Gasteiger partial charge in [0.25, 0.3) is 0 Å². The van der Waals surface area contributed by atoms with E-state index in [2.05, 4.69) is 0 Å². The van der Waals surface area contributed by atoms with Crippen LogP contribution in [0.15, 0.2) is 60.7 Å². The topological polar surface area (TPSA) is 55.8 Å². The number of hydrogen-bond acceptors (Lipinski definition) is 3. The summed E-state index contributed by atoms with van der Waals surface area (Å²) in [5.41, 5.74) is 0.780. The number of rotatable bonds is 7. The minimum Gasteiger partial charge on any atom is -0.491 e. The van der Waals surface area contributed by atoms with Gasteiger partial charge in [-0.1, -0.05) is 48.5 Å². The Morgan fingerprint density at radius 3 is 2.15 bits per heavy atom. The third kappa shape index (κ3) is 5.17. The van der Waals surface area contributed by atoms with Crippen LogP contribution in [0.5, 0.6) is 5.75 Å². The molecule has 20 heavy (non-hydrogen) atoms. The Morgan fingerprint density at radius 1 is 0.900 bits per heavy atom. The van der Waals surface area contributed by atoms with Gasteiger partial charge in [-0.05, 0) is 17.7 Å². The van der Waals surface area contributed by atoms with Crippen LogP contribution in [-0.4, -0.2) is 18.1 Å². The molecule has 0 bridgehead atoms. The summed E-state index contributed by atoms with van der Waals surface area (Å²) >= 11 is 0. The van der Waals surface area contributed by atoms with E-state index in [0.717, 1.165) is 5.56 Å². The molecule has 0 radical (unpaired) electrons. The van der Waals surface area contributed by atoms with E-state index in [1.54, 1.807) is 12.1 Å². The molecule has 0 amide bonds. The van der Waals surface area contributed by atoms with Crippen molar-refractivity contribution in [1.29, 1.82) is 0 Å². The van der Waals surface area contributed by atoms with E-state index in [4.69, 9.17) is 9.26 Å². The molecule has 0 saturated heterocycles. The fourth-order valence-corrected chi connectivity index (χ4v) is 2.84. The first kappa shape index (κ1) is 14.8.